The molecule has 2 saturated heterocycles. The Balaban J connectivity index is 1.44. The smallest absolute Gasteiger partial charge is 0.279 e. The van der Waals surface area contributed by atoms with Crippen molar-refractivity contribution >= 4 is 12.2 Å². The zero-order valence-corrected chi connectivity index (χ0v) is 22.6. The predicted octanol–water partition coefficient (Wildman–Crippen LogP) is 4.81. The first kappa shape index (κ1) is 25.1. The largest absolute Gasteiger partial charge is 0.319 e. The van der Waals surface area contributed by atoms with Gasteiger partial charge < -0.3 is 9.64 Å². The van der Waals surface area contributed by atoms with E-state index >= 15 is 0 Å². The first-order valence-electron chi connectivity index (χ1n) is 14.0. The van der Waals surface area contributed by atoms with Gasteiger partial charge in [-0.2, -0.15) is 15.0 Å². The average molecular weight is 534 g/mol. The molecule has 4 aliphatic rings. The fourth-order valence-corrected chi connectivity index (χ4v) is 7.32. The van der Waals surface area contributed by atoms with Gasteiger partial charge in [0.2, 0.25) is 18.1 Å². The van der Waals surface area contributed by atoms with Crippen LogP contribution in [-0.2, 0) is 15.2 Å². The third-order valence-corrected chi connectivity index (χ3v) is 9.16. The standard InChI is InChI=1S/C32H33N6O2/c1-39-38(28-19-11-12-20-28)24-37-23-36-22-35-29(30(38)34-21-33)32(36,37)40-31(25-13-5-2-6-14-25,26-15-7-3-8-16-26)27-17-9-4-10-18-27/h2-10,13-18,22,28-29H,11-12,19-20,23-24H2,1H3/q+1/t29?,32-,38+/m1/s1. The number of rotatable bonds is 7. The topological polar surface area (TPSA) is 73.5 Å². The lowest BCUT2D eigenvalue weighted by Crippen LogP contribution is -2.87. The molecule has 3 aromatic carbocycles. The van der Waals surface area contributed by atoms with Gasteiger partial charge in [0.15, 0.2) is 6.67 Å². The van der Waals surface area contributed by atoms with Gasteiger partial charge in [-0.1, -0.05) is 91.0 Å². The van der Waals surface area contributed by atoms with Crippen LogP contribution in [0.5, 0.6) is 0 Å². The van der Waals surface area contributed by atoms with Gasteiger partial charge in [-0.15, -0.1) is 9.64 Å². The van der Waals surface area contributed by atoms with Crippen molar-refractivity contribution in [1.82, 2.24) is 9.80 Å². The molecule has 0 bridgehead atoms. The number of ether oxygens (including phenoxy) is 1. The van der Waals surface area contributed by atoms with Gasteiger partial charge in [-0.3, -0.25) is 4.99 Å². The van der Waals surface area contributed by atoms with Crippen molar-refractivity contribution in [2.45, 2.75) is 49.2 Å². The van der Waals surface area contributed by atoms with E-state index in [-0.39, 0.29) is 10.7 Å². The second kappa shape index (κ2) is 9.65. The maximum Gasteiger partial charge on any atom is 0.279 e. The van der Waals surface area contributed by atoms with E-state index in [0.29, 0.717) is 19.2 Å². The molecule has 3 fully saturated rings. The number of nitrogens with zero attached hydrogens (tertiary/aromatic N) is 6. The fraction of sp³-hybridized carbons (Fsp3) is 0.344. The highest BCUT2D eigenvalue weighted by atomic mass is 16.7. The van der Waals surface area contributed by atoms with Crippen LogP contribution in [0.2, 0.25) is 0 Å². The maximum atomic E-state index is 9.91. The Kier molecular flexibility index (Phi) is 6.06. The van der Waals surface area contributed by atoms with Crippen LogP contribution in [0.3, 0.4) is 0 Å². The van der Waals surface area contributed by atoms with Gasteiger partial charge in [0.1, 0.15) is 11.6 Å². The maximum absolute atomic E-state index is 9.91. The van der Waals surface area contributed by atoms with Crippen LogP contribution >= 0.6 is 0 Å². The van der Waals surface area contributed by atoms with E-state index in [4.69, 9.17) is 14.6 Å². The summed E-state index contributed by atoms with van der Waals surface area (Å²) < 4.78 is 7.86. The SMILES string of the molecule is CO[N@+]1(C2CCCC2)CN2CN3C=NC(C1=NC#N)[C@@]32OC(c1ccccc1)(c1ccccc1)c1ccccc1. The summed E-state index contributed by atoms with van der Waals surface area (Å²) in [7, 11) is 1.73. The van der Waals surface area contributed by atoms with E-state index in [9.17, 15) is 5.26 Å². The minimum absolute atomic E-state index is 0.198. The van der Waals surface area contributed by atoms with Gasteiger partial charge in [-0.25, -0.2) is 0 Å². The monoisotopic (exact) mass is 533 g/mol. The van der Waals surface area contributed by atoms with Crippen molar-refractivity contribution < 1.29 is 14.2 Å². The minimum Gasteiger partial charge on any atom is -0.319 e. The molecule has 7 rings (SSSR count). The lowest BCUT2D eigenvalue weighted by Gasteiger charge is -2.64. The van der Waals surface area contributed by atoms with Crippen molar-refractivity contribution in [2.75, 3.05) is 20.4 Å². The highest BCUT2D eigenvalue weighted by Crippen LogP contribution is 2.54. The summed E-state index contributed by atoms with van der Waals surface area (Å²) in [4.78, 5) is 20.3. The molecular weight excluding hydrogens is 500 g/mol. The minimum atomic E-state index is -0.962. The van der Waals surface area contributed by atoms with Gasteiger partial charge in [0.25, 0.3) is 5.84 Å². The Morgan fingerprint density at radius 2 is 1.48 bits per heavy atom. The van der Waals surface area contributed by atoms with Crippen LogP contribution in [0.4, 0.5) is 0 Å². The fourth-order valence-electron chi connectivity index (χ4n) is 7.32. The zero-order valence-electron chi connectivity index (χ0n) is 22.6. The molecule has 3 atom stereocenters. The zero-order chi connectivity index (χ0) is 27.2. The van der Waals surface area contributed by atoms with Gasteiger partial charge >= 0.3 is 0 Å². The molecule has 8 nitrogen and oxygen atoms in total. The van der Waals surface area contributed by atoms with Crippen LogP contribution in [0.25, 0.3) is 0 Å². The Labute approximate surface area is 234 Å². The van der Waals surface area contributed by atoms with Gasteiger partial charge in [0, 0.05) is 12.8 Å². The van der Waals surface area contributed by atoms with Crippen LogP contribution in [0.1, 0.15) is 42.4 Å². The number of nitriles is 1. The molecule has 8 heteroatoms. The third kappa shape index (κ3) is 3.39. The number of benzene rings is 3. The highest BCUT2D eigenvalue weighted by molar-refractivity contribution is 5.88. The second-order valence-electron chi connectivity index (χ2n) is 11.0. The quantitative estimate of drug-likeness (QED) is 0.248. The molecule has 0 radical (unpaired) electrons. The van der Waals surface area contributed by atoms with Crippen molar-refractivity contribution in [3.05, 3.63) is 108 Å². The molecule has 0 N–H and O–H groups in total. The van der Waals surface area contributed by atoms with Gasteiger partial charge in [0.05, 0.1) is 20.1 Å². The molecule has 3 aliphatic heterocycles. The molecule has 1 saturated carbocycles. The molecular formula is C32H33N6O2+. The van der Waals surface area contributed by atoms with E-state index in [1.54, 1.807) is 7.11 Å². The number of quaternary nitrogens is 1. The Morgan fingerprint density at radius 1 is 0.925 bits per heavy atom. The Bertz CT molecular complexity index is 1370. The molecule has 1 aliphatic carbocycles. The van der Waals surface area contributed by atoms with Crippen molar-refractivity contribution in [2.24, 2.45) is 9.98 Å². The van der Waals surface area contributed by atoms with Crippen LogP contribution in [-0.4, -0.2) is 65.0 Å². The number of hydrogen-bond acceptors (Lipinski definition) is 7. The normalized spacial score (nSPS) is 28.9. The number of amidine groups is 1. The summed E-state index contributed by atoms with van der Waals surface area (Å²) in [6.45, 7) is 1.19. The van der Waals surface area contributed by atoms with Crippen LogP contribution in [0, 0.1) is 11.5 Å². The summed E-state index contributed by atoms with van der Waals surface area (Å²) in [5, 5.41) is 9.91. The van der Waals surface area contributed by atoms with E-state index in [1.165, 1.54) is 0 Å². The van der Waals surface area contributed by atoms with Gasteiger partial charge in [-0.05, 0) is 29.5 Å². The summed E-state index contributed by atoms with van der Waals surface area (Å²) >= 11 is 0. The molecule has 3 heterocycles. The van der Waals surface area contributed by atoms with Crippen molar-refractivity contribution in [3.63, 3.8) is 0 Å². The van der Waals surface area contributed by atoms with Crippen LogP contribution in [0.15, 0.2) is 101 Å². The van der Waals surface area contributed by atoms with Crippen molar-refractivity contribution in [3.8, 4) is 6.19 Å². The summed E-state index contributed by atoms with van der Waals surface area (Å²) in [6.07, 6.45) is 8.31. The number of aliphatic imine (C=N–C) groups is 2. The summed E-state index contributed by atoms with van der Waals surface area (Å²) in [5.74, 6) is -0.342. The first-order chi connectivity index (χ1) is 19.7. The number of hydroxylamine groups is 3. The lowest BCUT2D eigenvalue weighted by atomic mass is 9.79. The van der Waals surface area contributed by atoms with E-state index < -0.39 is 17.5 Å². The molecule has 1 unspecified atom stereocenters. The summed E-state index contributed by atoms with van der Waals surface area (Å²) in [5.41, 5.74) is 2.09. The molecule has 0 aromatic heterocycles. The predicted molar refractivity (Wildman–Crippen MR) is 151 cm³/mol. The van der Waals surface area contributed by atoms with Crippen LogP contribution < -0.4 is 0 Å². The molecule has 0 amide bonds. The molecule has 40 heavy (non-hydrogen) atoms. The average Bonchev–Trinajstić information content (AvgIpc) is 3.66. The molecule has 202 valence electrons. The lowest BCUT2D eigenvalue weighted by molar-refractivity contribution is -1.06. The molecule has 0 spiro atoms. The highest BCUT2D eigenvalue weighted by Gasteiger charge is 2.75. The summed E-state index contributed by atoms with van der Waals surface area (Å²) in [6, 6.07) is 30.8. The molecule has 3 aromatic rings. The number of hydrogen-bond donors (Lipinski definition) is 0. The first-order valence-corrected chi connectivity index (χ1v) is 14.0. The van der Waals surface area contributed by atoms with E-state index in [2.05, 4.69) is 93.8 Å². The Hall–Kier alpha value is -3.87. The van der Waals surface area contributed by atoms with Crippen molar-refractivity contribution in [1.29, 1.82) is 5.26 Å². The Morgan fingerprint density at radius 3 is 1.98 bits per heavy atom. The van der Waals surface area contributed by atoms with E-state index in [0.717, 1.165) is 42.4 Å². The second-order valence-corrected chi connectivity index (χ2v) is 11.0. The third-order valence-electron chi connectivity index (χ3n) is 9.16. The van der Waals surface area contributed by atoms with E-state index in [1.807, 2.05) is 24.5 Å².